The van der Waals surface area contributed by atoms with Crippen LogP contribution in [0.3, 0.4) is 0 Å². The maximum Gasteiger partial charge on any atom is 0.412 e. The van der Waals surface area contributed by atoms with Crippen molar-refractivity contribution in [2.75, 3.05) is 32.8 Å². The molecular weight excluding hydrogens is 606 g/mol. The lowest BCUT2D eigenvalue weighted by molar-refractivity contribution is -0.0979. The average Bonchev–Trinajstić information content (AvgIpc) is 3.57. The number of hydrogen-bond donors (Lipinski definition) is 2. The number of benzene rings is 2. The van der Waals surface area contributed by atoms with E-state index in [1.807, 2.05) is 0 Å². The van der Waals surface area contributed by atoms with E-state index in [2.05, 4.69) is 10.6 Å². The number of carbonyl (C=O) groups is 2. The first-order valence-corrected chi connectivity index (χ1v) is 14.6. The zero-order valence-electron chi connectivity index (χ0n) is 23.2. The van der Waals surface area contributed by atoms with Crippen molar-refractivity contribution in [1.29, 1.82) is 0 Å². The highest BCUT2D eigenvalue weighted by atomic mass is 35.5. The number of amides is 4. The fraction of sp³-hybridized carbons (Fsp3) is 0.367. The minimum absolute atomic E-state index is 0.154. The van der Waals surface area contributed by atoms with Gasteiger partial charge in [-0.3, -0.25) is 9.89 Å². The summed E-state index contributed by atoms with van der Waals surface area (Å²) in [5.41, 5.74) is 1.10. The molecule has 4 amide bonds. The molecule has 3 atom stereocenters. The number of carbonyl (C=O) groups excluding carboxylic acids is 2. The first-order valence-electron chi connectivity index (χ1n) is 13.8. The van der Waals surface area contributed by atoms with Gasteiger partial charge in [0.1, 0.15) is 11.9 Å². The van der Waals surface area contributed by atoms with E-state index in [9.17, 15) is 22.8 Å². The predicted octanol–water partition coefficient (Wildman–Crippen LogP) is 6.45. The molecule has 2 heterocycles. The Morgan fingerprint density at radius 1 is 1.07 bits per heavy atom. The van der Waals surface area contributed by atoms with Crippen LogP contribution in [0.4, 0.5) is 22.8 Å². The highest BCUT2D eigenvalue weighted by Gasteiger charge is 2.46. The van der Waals surface area contributed by atoms with Crippen LogP contribution in [0.15, 0.2) is 76.8 Å². The Morgan fingerprint density at radius 3 is 2.30 bits per heavy atom. The molecular formula is C30H30Cl2F3N5O3. The number of allylic oxidation sites excluding steroid dienone is 2. The van der Waals surface area contributed by atoms with E-state index in [4.69, 9.17) is 32.9 Å². The van der Waals surface area contributed by atoms with Crippen LogP contribution in [0.1, 0.15) is 36.6 Å². The molecule has 0 bridgehead atoms. The summed E-state index contributed by atoms with van der Waals surface area (Å²) < 4.78 is 46.8. The van der Waals surface area contributed by atoms with Gasteiger partial charge in [-0.25, -0.2) is 9.59 Å². The molecule has 13 heteroatoms. The first-order chi connectivity index (χ1) is 20.6. The number of rotatable bonds is 8. The van der Waals surface area contributed by atoms with E-state index in [0.29, 0.717) is 34.3 Å². The van der Waals surface area contributed by atoms with Gasteiger partial charge in [0, 0.05) is 60.4 Å². The number of urea groups is 2. The van der Waals surface area contributed by atoms with E-state index in [1.165, 1.54) is 11.0 Å². The SMILES string of the molecule is CCOC1CC(C(F)(F)F)=CC=C1C1=NC(c2ccc(Cl)cc2)C(c2ccc(Cl)cc2)N1C(=O)NCCN1CCNC1=O. The summed E-state index contributed by atoms with van der Waals surface area (Å²) in [5.74, 6) is 0.201. The molecule has 0 saturated carbocycles. The Hall–Kier alpha value is -3.54. The topological polar surface area (TPSA) is 86.3 Å². The Bertz CT molecular complexity index is 1440. The molecule has 1 saturated heterocycles. The lowest BCUT2D eigenvalue weighted by atomic mass is 9.92. The summed E-state index contributed by atoms with van der Waals surface area (Å²) >= 11 is 12.4. The zero-order chi connectivity index (χ0) is 30.7. The van der Waals surface area contributed by atoms with Gasteiger partial charge in [-0.05, 0) is 42.3 Å². The maximum atomic E-state index is 14.0. The Morgan fingerprint density at radius 2 is 1.72 bits per heavy atom. The molecule has 8 nitrogen and oxygen atoms in total. The Balaban J connectivity index is 1.58. The fourth-order valence-corrected chi connectivity index (χ4v) is 5.70. The summed E-state index contributed by atoms with van der Waals surface area (Å²) in [4.78, 5) is 34.1. The third-order valence-corrected chi connectivity index (χ3v) is 8.02. The quantitative estimate of drug-likeness (QED) is 0.350. The van der Waals surface area contributed by atoms with Crippen LogP contribution in [0.25, 0.3) is 0 Å². The molecule has 3 aliphatic rings. The van der Waals surface area contributed by atoms with E-state index in [0.717, 1.165) is 11.6 Å². The van der Waals surface area contributed by atoms with Crippen molar-refractivity contribution in [3.05, 3.63) is 93.0 Å². The van der Waals surface area contributed by atoms with Gasteiger partial charge < -0.3 is 20.3 Å². The van der Waals surface area contributed by atoms with Crippen LogP contribution in [-0.4, -0.2) is 72.8 Å². The number of nitrogens with one attached hydrogen (secondary N) is 2. The van der Waals surface area contributed by atoms with Crippen molar-refractivity contribution in [1.82, 2.24) is 20.4 Å². The Kier molecular flexibility index (Phi) is 9.33. The van der Waals surface area contributed by atoms with Gasteiger partial charge in [0.15, 0.2) is 0 Å². The molecule has 228 valence electrons. The van der Waals surface area contributed by atoms with Crippen molar-refractivity contribution in [2.24, 2.45) is 4.99 Å². The molecule has 2 aromatic carbocycles. The molecule has 1 aliphatic carbocycles. The molecule has 2 aromatic rings. The fourth-order valence-electron chi connectivity index (χ4n) is 5.44. The number of aliphatic imine (C=N–C) groups is 1. The second-order valence-electron chi connectivity index (χ2n) is 10.2. The van der Waals surface area contributed by atoms with Gasteiger partial charge in [-0.2, -0.15) is 13.2 Å². The number of ether oxygens (including phenoxy) is 1. The highest BCUT2D eigenvalue weighted by molar-refractivity contribution is 6.30. The van der Waals surface area contributed by atoms with Gasteiger partial charge in [0.25, 0.3) is 0 Å². The van der Waals surface area contributed by atoms with E-state index in [-0.39, 0.29) is 31.6 Å². The van der Waals surface area contributed by atoms with Gasteiger partial charge in [-0.1, -0.05) is 59.6 Å². The Labute approximate surface area is 257 Å². The number of nitrogens with zero attached hydrogens (tertiary/aromatic N) is 3. The largest absolute Gasteiger partial charge is 0.412 e. The van der Waals surface area contributed by atoms with Crippen molar-refractivity contribution in [2.45, 2.75) is 37.7 Å². The summed E-state index contributed by atoms with van der Waals surface area (Å²) in [7, 11) is 0. The summed E-state index contributed by atoms with van der Waals surface area (Å²) in [6.45, 7) is 3.34. The van der Waals surface area contributed by atoms with Gasteiger partial charge in [0.05, 0.1) is 12.1 Å². The molecule has 1 fully saturated rings. The summed E-state index contributed by atoms with van der Waals surface area (Å²) in [5, 5.41) is 6.63. The third-order valence-electron chi connectivity index (χ3n) is 7.52. The number of hydrogen-bond acceptors (Lipinski definition) is 4. The van der Waals surface area contributed by atoms with E-state index in [1.54, 1.807) is 60.4 Å². The molecule has 0 aromatic heterocycles. The molecule has 43 heavy (non-hydrogen) atoms. The lowest BCUT2D eigenvalue weighted by Gasteiger charge is -2.33. The number of alkyl halides is 3. The zero-order valence-corrected chi connectivity index (χ0v) is 24.7. The van der Waals surface area contributed by atoms with Crippen molar-refractivity contribution >= 4 is 41.1 Å². The van der Waals surface area contributed by atoms with E-state index < -0.39 is 42.4 Å². The number of amidine groups is 1. The van der Waals surface area contributed by atoms with Gasteiger partial charge in [-0.15, -0.1) is 0 Å². The van der Waals surface area contributed by atoms with Gasteiger partial charge >= 0.3 is 18.2 Å². The van der Waals surface area contributed by atoms with Crippen LogP contribution in [0.5, 0.6) is 0 Å². The second kappa shape index (κ2) is 13.0. The molecule has 0 spiro atoms. The number of halogens is 5. The van der Waals surface area contributed by atoms with Gasteiger partial charge in [0.2, 0.25) is 0 Å². The van der Waals surface area contributed by atoms with Crippen molar-refractivity contribution < 1.29 is 27.5 Å². The normalized spacial score (nSPS) is 22.2. The van der Waals surface area contributed by atoms with Crippen LogP contribution < -0.4 is 10.6 Å². The highest BCUT2D eigenvalue weighted by Crippen LogP contribution is 2.46. The molecule has 0 radical (unpaired) electrons. The molecule has 2 N–H and O–H groups in total. The average molecular weight is 637 g/mol. The van der Waals surface area contributed by atoms with Crippen LogP contribution in [-0.2, 0) is 4.74 Å². The summed E-state index contributed by atoms with van der Waals surface area (Å²) in [6, 6.07) is 12.0. The minimum Gasteiger partial charge on any atom is -0.373 e. The monoisotopic (exact) mass is 635 g/mol. The predicted molar refractivity (Wildman–Crippen MR) is 158 cm³/mol. The molecule has 3 unspecified atom stereocenters. The maximum absolute atomic E-state index is 14.0. The van der Waals surface area contributed by atoms with Crippen molar-refractivity contribution in [3.8, 4) is 0 Å². The van der Waals surface area contributed by atoms with Crippen LogP contribution >= 0.6 is 23.2 Å². The van der Waals surface area contributed by atoms with E-state index >= 15 is 0 Å². The van der Waals surface area contributed by atoms with Crippen LogP contribution in [0, 0.1) is 0 Å². The van der Waals surface area contributed by atoms with Crippen LogP contribution in [0.2, 0.25) is 10.0 Å². The standard InChI is InChI=1S/C30H30Cl2F3N5O3/c1-2-43-24-17-20(30(33,34)35)7-12-23(24)27-38-25(18-3-8-21(31)9-4-18)26(19-5-10-22(32)11-6-19)40(27)29(42)37-14-16-39-15-13-36-28(39)41/h3-12,24-26H,2,13-17H2,1H3,(H,36,41)(H,37,42). The second-order valence-corrected chi connectivity index (χ2v) is 11.1. The lowest BCUT2D eigenvalue weighted by Crippen LogP contribution is -2.48. The summed E-state index contributed by atoms with van der Waals surface area (Å²) in [6.07, 6.45) is -3.57. The smallest absolute Gasteiger partial charge is 0.373 e. The molecule has 2 aliphatic heterocycles. The minimum atomic E-state index is -4.52. The third kappa shape index (κ3) is 6.84. The molecule has 5 rings (SSSR count). The van der Waals surface area contributed by atoms with Crippen molar-refractivity contribution in [3.63, 3.8) is 0 Å². The first kappa shape index (κ1) is 30.9.